The molecule has 0 atom stereocenters. The zero-order valence-corrected chi connectivity index (χ0v) is 18.5. The summed E-state index contributed by atoms with van der Waals surface area (Å²) in [5.74, 6) is -0.919. The van der Waals surface area contributed by atoms with Crippen LogP contribution in [0, 0.1) is 0 Å². The largest absolute Gasteiger partial charge is 0.480 e. The van der Waals surface area contributed by atoms with Crippen molar-refractivity contribution in [1.82, 2.24) is 9.80 Å². The van der Waals surface area contributed by atoms with E-state index in [4.69, 9.17) is 21.4 Å². The summed E-state index contributed by atoms with van der Waals surface area (Å²) in [7, 11) is 0. The third-order valence-corrected chi connectivity index (χ3v) is 5.03. The lowest BCUT2D eigenvalue weighted by molar-refractivity contribution is -0.142. The Morgan fingerprint density at radius 3 is 2.31 bits per heavy atom. The van der Waals surface area contributed by atoms with Gasteiger partial charge in [-0.15, -0.1) is 24.8 Å². The molecule has 2 aromatic rings. The number of benzene rings is 2. The molecule has 1 heterocycles. The molecule has 29 heavy (non-hydrogen) atoms. The van der Waals surface area contributed by atoms with Crippen LogP contribution in [-0.4, -0.2) is 66.8 Å². The van der Waals surface area contributed by atoms with Gasteiger partial charge in [0.1, 0.15) is 6.61 Å². The normalized spacial score (nSPS) is 14.7. The van der Waals surface area contributed by atoms with Crippen LogP contribution in [0.25, 0.3) is 11.1 Å². The number of hydrogen-bond donors (Lipinski definition) is 1. The highest BCUT2D eigenvalue weighted by Crippen LogP contribution is 2.28. The highest BCUT2D eigenvalue weighted by atomic mass is 35.5. The number of rotatable bonds is 8. The molecule has 1 aliphatic heterocycles. The molecule has 3 rings (SSSR count). The van der Waals surface area contributed by atoms with Gasteiger partial charge in [0.2, 0.25) is 0 Å². The van der Waals surface area contributed by atoms with E-state index in [0.717, 1.165) is 44.3 Å². The number of piperazine rings is 1. The number of hydrogen-bond acceptors (Lipinski definition) is 4. The van der Waals surface area contributed by atoms with Crippen LogP contribution >= 0.6 is 36.4 Å². The van der Waals surface area contributed by atoms with E-state index in [2.05, 4.69) is 28.0 Å². The summed E-state index contributed by atoms with van der Waals surface area (Å²) in [6.45, 7) is 5.80. The molecule has 1 saturated heterocycles. The Hall–Kier alpha value is -1.34. The first-order chi connectivity index (χ1) is 13.1. The molecule has 0 radical (unpaired) electrons. The molecule has 0 saturated carbocycles. The Kier molecular flexibility index (Phi) is 11.6. The minimum Gasteiger partial charge on any atom is -0.480 e. The van der Waals surface area contributed by atoms with Crippen LogP contribution in [0.15, 0.2) is 48.5 Å². The maximum atomic E-state index is 10.5. The number of halogens is 3. The molecule has 160 valence electrons. The van der Waals surface area contributed by atoms with Crippen molar-refractivity contribution in [1.29, 1.82) is 0 Å². The van der Waals surface area contributed by atoms with Gasteiger partial charge in [-0.3, -0.25) is 9.80 Å². The second-order valence-corrected chi connectivity index (χ2v) is 7.17. The van der Waals surface area contributed by atoms with Gasteiger partial charge < -0.3 is 9.84 Å². The number of carboxylic acids is 1. The van der Waals surface area contributed by atoms with Gasteiger partial charge in [0.05, 0.1) is 6.61 Å². The Balaban J connectivity index is 0.00000210. The average molecular weight is 462 g/mol. The van der Waals surface area contributed by atoms with E-state index in [1.54, 1.807) is 0 Å². The molecule has 0 aromatic heterocycles. The second-order valence-electron chi connectivity index (χ2n) is 6.73. The van der Waals surface area contributed by atoms with Crippen molar-refractivity contribution >= 4 is 42.4 Å². The van der Waals surface area contributed by atoms with Gasteiger partial charge in [0, 0.05) is 44.3 Å². The van der Waals surface area contributed by atoms with Crippen molar-refractivity contribution in [2.45, 2.75) is 6.54 Å². The Morgan fingerprint density at radius 1 is 1.00 bits per heavy atom. The van der Waals surface area contributed by atoms with Crippen molar-refractivity contribution in [2.24, 2.45) is 0 Å². The van der Waals surface area contributed by atoms with Gasteiger partial charge in [0.25, 0.3) is 0 Å². The molecular formula is C21H27Cl3N2O3. The Morgan fingerprint density at radius 2 is 1.66 bits per heavy atom. The number of nitrogens with zero attached hydrogens (tertiary/aromatic N) is 2. The van der Waals surface area contributed by atoms with Crippen LogP contribution in [0.4, 0.5) is 0 Å². The first kappa shape index (κ1) is 25.7. The lowest BCUT2D eigenvalue weighted by Crippen LogP contribution is -2.46. The lowest BCUT2D eigenvalue weighted by atomic mass is 9.99. The van der Waals surface area contributed by atoms with Gasteiger partial charge >= 0.3 is 5.97 Å². The Labute approximate surface area is 189 Å². The fraction of sp³-hybridized carbons (Fsp3) is 0.381. The van der Waals surface area contributed by atoms with Crippen molar-refractivity contribution in [2.75, 3.05) is 45.9 Å². The smallest absolute Gasteiger partial charge is 0.329 e. The van der Waals surface area contributed by atoms with Gasteiger partial charge in [-0.2, -0.15) is 0 Å². The first-order valence-corrected chi connectivity index (χ1v) is 9.58. The quantitative estimate of drug-likeness (QED) is 0.601. The van der Waals surface area contributed by atoms with E-state index < -0.39 is 5.97 Å². The highest BCUT2D eigenvalue weighted by molar-refractivity contribution is 6.30. The van der Waals surface area contributed by atoms with Gasteiger partial charge in [-0.25, -0.2) is 4.79 Å². The molecule has 1 aliphatic rings. The molecule has 0 amide bonds. The van der Waals surface area contributed by atoms with Crippen LogP contribution in [0.3, 0.4) is 0 Å². The standard InChI is InChI=1S/C21H25ClN2O3.2ClH/c22-19-7-6-18(20(14-19)17-4-2-1-3-5-17)15-24-10-8-23(9-11-24)12-13-27-16-21(25)26;;/h1-7,14H,8-13,15-16H2,(H,25,26);2*1H. The maximum Gasteiger partial charge on any atom is 0.329 e. The summed E-state index contributed by atoms with van der Waals surface area (Å²) in [5, 5.41) is 9.35. The predicted octanol–water partition coefficient (Wildman–Crippen LogP) is 4.07. The molecule has 1 fully saturated rings. The van der Waals surface area contributed by atoms with Crippen LogP contribution in [-0.2, 0) is 16.1 Å². The molecule has 2 aromatic carbocycles. The molecule has 0 spiro atoms. The fourth-order valence-electron chi connectivity index (χ4n) is 3.34. The highest BCUT2D eigenvalue weighted by Gasteiger charge is 2.18. The van der Waals surface area contributed by atoms with E-state index in [0.29, 0.717) is 6.61 Å². The van der Waals surface area contributed by atoms with Crippen molar-refractivity contribution < 1.29 is 14.6 Å². The van der Waals surface area contributed by atoms with Crippen LogP contribution in [0.5, 0.6) is 0 Å². The second kappa shape index (κ2) is 13.1. The van der Waals surface area contributed by atoms with E-state index in [1.165, 1.54) is 16.7 Å². The summed E-state index contributed by atoms with van der Waals surface area (Å²) < 4.78 is 5.13. The predicted molar refractivity (Wildman–Crippen MR) is 122 cm³/mol. The van der Waals surface area contributed by atoms with Crippen molar-refractivity contribution in [3.8, 4) is 11.1 Å². The van der Waals surface area contributed by atoms with E-state index in [-0.39, 0.29) is 31.4 Å². The van der Waals surface area contributed by atoms with Crippen molar-refractivity contribution in [3.63, 3.8) is 0 Å². The van der Waals surface area contributed by atoms with Gasteiger partial charge in [-0.1, -0.05) is 48.0 Å². The SMILES string of the molecule is Cl.Cl.O=C(O)COCCN1CCN(Cc2ccc(Cl)cc2-c2ccccc2)CC1. The number of ether oxygens (including phenoxy) is 1. The monoisotopic (exact) mass is 460 g/mol. The summed E-state index contributed by atoms with van der Waals surface area (Å²) in [4.78, 5) is 15.2. The summed E-state index contributed by atoms with van der Waals surface area (Å²) in [5.41, 5.74) is 3.65. The zero-order chi connectivity index (χ0) is 19.1. The summed E-state index contributed by atoms with van der Waals surface area (Å²) >= 11 is 6.24. The first-order valence-electron chi connectivity index (χ1n) is 9.20. The molecule has 8 heteroatoms. The van der Waals surface area contributed by atoms with Crippen LogP contribution in [0.2, 0.25) is 5.02 Å². The number of carbonyl (C=O) groups is 1. The molecule has 0 bridgehead atoms. The average Bonchev–Trinajstić information content (AvgIpc) is 2.68. The molecule has 5 nitrogen and oxygen atoms in total. The van der Waals surface area contributed by atoms with Crippen molar-refractivity contribution in [3.05, 3.63) is 59.1 Å². The summed E-state index contributed by atoms with van der Waals surface area (Å²) in [6.07, 6.45) is 0. The molecule has 1 N–H and O–H groups in total. The number of carboxylic acid groups (broad SMARTS) is 1. The van der Waals surface area contributed by atoms with Gasteiger partial charge in [-0.05, 0) is 28.8 Å². The molecule has 0 unspecified atom stereocenters. The lowest BCUT2D eigenvalue weighted by Gasteiger charge is -2.35. The van der Waals surface area contributed by atoms with Crippen LogP contribution < -0.4 is 0 Å². The third kappa shape index (κ3) is 8.13. The molecule has 0 aliphatic carbocycles. The molecular weight excluding hydrogens is 435 g/mol. The summed E-state index contributed by atoms with van der Waals surface area (Å²) in [6, 6.07) is 16.5. The van der Waals surface area contributed by atoms with E-state index >= 15 is 0 Å². The van der Waals surface area contributed by atoms with Gasteiger partial charge in [0.15, 0.2) is 0 Å². The topological polar surface area (TPSA) is 53.0 Å². The number of aliphatic carboxylic acids is 1. The third-order valence-electron chi connectivity index (χ3n) is 4.79. The van der Waals surface area contributed by atoms with Crippen LogP contribution in [0.1, 0.15) is 5.56 Å². The fourth-order valence-corrected chi connectivity index (χ4v) is 3.51. The van der Waals surface area contributed by atoms with E-state index in [1.807, 2.05) is 30.3 Å². The minimum absolute atomic E-state index is 0. The Bertz CT molecular complexity index is 754. The van der Waals surface area contributed by atoms with E-state index in [9.17, 15) is 4.79 Å². The zero-order valence-electron chi connectivity index (χ0n) is 16.1. The minimum atomic E-state index is -0.919. The maximum absolute atomic E-state index is 10.5.